The lowest BCUT2D eigenvalue weighted by Crippen LogP contribution is -2.24. The average Bonchev–Trinajstić information content (AvgIpc) is 3.18. The van der Waals surface area contributed by atoms with Crippen molar-refractivity contribution in [1.82, 2.24) is 19.5 Å². The molecule has 3 rings (SSSR count). The summed E-state index contributed by atoms with van der Waals surface area (Å²) in [6, 6.07) is -0.633. The zero-order valence-electron chi connectivity index (χ0n) is 12.5. The van der Waals surface area contributed by atoms with Gasteiger partial charge in [0.15, 0.2) is 11.5 Å². The smallest absolute Gasteiger partial charge is 0.382 e. The van der Waals surface area contributed by atoms with E-state index in [1.54, 1.807) is 4.57 Å². The SMILES string of the molecule is [N-]=[N+]=N[C@@H]1C[C@H](n2cnc3c(N)ncnc32)O[C@@H]1COP(=O)(O)OS. The van der Waals surface area contributed by atoms with E-state index >= 15 is 0 Å². The monoisotopic (exact) mass is 388 g/mol. The number of thiol groups is 1. The fourth-order valence-corrected chi connectivity index (χ4v) is 3.02. The maximum absolute atomic E-state index is 11.4. The lowest BCUT2D eigenvalue weighted by Gasteiger charge is -2.17. The standard InChI is InChI=1S/C10H13N8O5PS/c11-9-8-10(14-3-13-9)18(4-15-8)7-1-5(16-17-12)6(22-7)2-21-24(19,20)23-25/h3-7,25H,1-2H2,(H,19,20)(H2,11,13,14)/t5-,6-,7-/m1/s1. The summed E-state index contributed by atoms with van der Waals surface area (Å²) in [5.41, 5.74) is 15.3. The molecule has 0 radical (unpaired) electrons. The zero-order chi connectivity index (χ0) is 18.0. The van der Waals surface area contributed by atoms with Crippen molar-refractivity contribution in [3.8, 4) is 0 Å². The third-order valence-electron chi connectivity index (χ3n) is 3.61. The van der Waals surface area contributed by atoms with Gasteiger partial charge in [0.05, 0.1) is 25.1 Å². The Morgan fingerprint density at radius 3 is 3.12 bits per heavy atom. The summed E-state index contributed by atoms with van der Waals surface area (Å²) in [6.45, 7) is -0.335. The number of rotatable bonds is 6. The Hall–Kier alpha value is -1.92. The topological polar surface area (TPSA) is 183 Å². The first-order valence-electron chi connectivity index (χ1n) is 6.88. The summed E-state index contributed by atoms with van der Waals surface area (Å²) >= 11 is 3.26. The number of phosphoric ester groups is 1. The molecule has 25 heavy (non-hydrogen) atoms. The van der Waals surface area contributed by atoms with Gasteiger partial charge in [-0.2, -0.15) is 0 Å². The lowest BCUT2D eigenvalue weighted by atomic mass is 10.1. The van der Waals surface area contributed by atoms with Gasteiger partial charge in [0, 0.05) is 11.3 Å². The number of anilines is 1. The van der Waals surface area contributed by atoms with Gasteiger partial charge in [0.2, 0.25) is 0 Å². The summed E-state index contributed by atoms with van der Waals surface area (Å²) in [6.07, 6.45) is 1.69. The van der Waals surface area contributed by atoms with Crippen LogP contribution in [-0.4, -0.2) is 43.2 Å². The van der Waals surface area contributed by atoms with Crippen LogP contribution in [0.4, 0.5) is 5.82 Å². The predicted octanol–water partition coefficient (Wildman–Crippen LogP) is 1.35. The molecule has 1 saturated heterocycles. The molecule has 13 nitrogen and oxygen atoms in total. The van der Waals surface area contributed by atoms with Gasteiger partial charge >= 0.3 is 7.82 Å². The van der Waals surface area contributed by atoms with Crippen LogP contribution in [0.25, 0.3) is 21.6 Å². The number of imidazole rings is 1. The van der Waals surface area contributed by atoms with Crippen molar-refractivity contribution in [3.05, 3.63) is 23.1 Å². The van der Waals surface area contributed by atoms with E-state index in [4.69, 9.17) is 20.5 Å². The highest BCUT2D eigenvalue weighted by Gasteiger charge is 2.38. The average molecular weight is 388 g/mol. The van der Waals surface area contributed by atoms with Crippen molar-refractivity contribution in [2.24, 2.45) is 5.11 Å². The van der Waals surface area contributed by atoms with Gasteiger partial charge in [-0.15, -0.1) is 0 Å². The molecule has 1 aliphatic rings. The molecule has 1 aliphatic heterocycles. The molecule has 0 bridgehead atoms. The minimum atomic E-state index is -4.30. The number of nitrogens with zero attached hydrogens (tertiary/aromatic N) is 7. The van der Waals surface area contributed by atoms with E-state index < -0.39 is 26.2 Å². The molecule has 4 atom stereocenters. The second-order valence-corrected chi connectivity index (χ2v) is 6.91. The van der Waals surface area contributed by atoms with Crippen molar-refractivity contribution in [2.45, 2.75) is 24.8 Å². The van der Waals surface area contributed by atoms with Crippen LogP contribution in [0, 0.1) is 0 Å². The Labute approximate surface area is 146 Å². The number of ether oxygens (including phenoxy) is 1. The largest absolute Gasteiger partial charge is 0.483 e. The molecule has 0 saturated carbocycles. The fourth-order valence-electron chi connectivity index (χ4n) is 2.50. The Bertz CT molecular complexity index is 872. The molecule has 0 spiro atoms. The van der Waals surface area contributed by atoms with Gasteiger partial charge < -0.3 is 15.4 Å². The molecule has 134 valence electrons. The van der Waals surface area contributed by atoms with E-state index in [-0.39, 0.29) is 18.8 Å². The van der Waals surface area contributed by atoms with Crippen molar-refractivity contribution in [1.29, 1.82) is 0 Å². The van der Waals surface area contributed by atoms with Crippen LogP contribution in [0.2, 0.25) is 0 Å². The van der Waals surface area contributed by atoms with Gasteiger partial charge in [0.1, 0.15) is 18.1 Å². The molecule has 0 aromatic carbocycles. The first-order chi connectivity index (χ1) is 11.9. The second-order valence-electron chi connectivity index (χ2n) is 5.07. The van der Waals surface area contributed by atoms with Crippen LogP contribution in [0.5, 0.6) is 0 Å². The number of azide groups is 1. The highest BCUT2D eigenvalue weighted by atomic mass is 32.1. The van der Waals surface area contributed by atoms with E-state index in [0.29, 0.717) is 11.2 Å². The summed E-state index contributed by atoms with van der Waals surface area (Å²) in [4.78, 5) is 24.1. The number of aromatic nitrogens is 4. The minimum absolute atomic E-state index is 0.223. The number of hydrogen-bond donors (Lipinski definition) is 3. The van der Waals surface area contributed by atoms with E-state index in [2.05, 4.69) is 41.9 Å². The Morgan fingerprint density at radius 2 is 2.40 bits per heavy atom. The summed E-state index contributed by atoms with van der Waals surface area (Å²) < 4.78 is 27.5. The van der Waals surface area contributed by atoms with E-state index in [0.717, 1.165) is 0 Å². The number of phosphoric acid groups is 1. The van der Waals surface area contributed by atoms with Crippen LogP contribution in [0.15, 0.2) is 17.8 Å². The van der Waals surface area contributed by atoms with Crippen molar-refractivity contribution >= 4 is 37.7 Å². The number of fused-ring (bicyclic) bond motifs is 1. The highest BCUT2D eigenvalue weighted by Crippen LogP contribution is 2.45. The van der Waals surface area contributed by atoms with Gasteiger partial charge in [-0.05, 0) is 18.4 Å². The first kappa shape index (κ1) is 17.9. The molecule has 2 aromatic heterocycles. The molecule has 15 heteroatoms. The molecule has 1 fully saturated rings. The van der Waals surface area contributed by atoms with Gasteiger partial charge in [0.25, 0.3) is 0 Å². The molecular weight excluding hydrogens is 375 g/mol. The molecule has 0 amide bonds. The summed E-state index contributed by atoms with van der Waals surface area (Å²) in [5.74, 6) is 0.223. The Balaban J connectivity index is 1.82. The lowest BCUT2D eigenvalue weighted by molar-refractivity contribution is -0.0222. The molecule has 3 heterocycles. The maximum Gasteiger partial charge on any atom is 0.483 e. The van der Waals surface area contributed by atoms with Crippen molar-refractivity contribution in [2.75, 3.05) is 12.3 Å². The summed E-state index contributed by atoms with van der Waals surface area (Å²) in [7, 11) is -4.30. The van der Waals surface area contributed by atoms with E-state index in [1.165, 1.54) is 12.7 Å². The minimum Gasteiger partial charge on any atom is -0.382 e. The van der Waals surface area contributed by atoms with E-state index in [1.807, 2.05) is 0 Å². The number of hydrogen-bond acceptors (Lipinski definition) is 10. The molecule has 2 aromatic rings. The van der Waals surface area contributed by atoms with Crippen LogP contribution < -0.4 is 5.73 Å². The third kappa shape index (κ3) is 3.70. The van der Waals surface area contributed by atoms with Gasteiger partial charge in [-0.3, -0.25) is 9.09 Å². The highest BCUT2D eigenvalue weighted by molar-refractivity contribution is 7.80. The fraction of sp³-hybridized carbons (Fsp3) is 0.500. The zero-order valence-corrected chi connectivity index (χ0v) is 14.3. The first-order valence-corrected chi connectivity index (χ1v) is 8.74. The van der Waals surface area contributed by atoms with Crippen LogP contribution in [0.1, 0.15) is 12.6 Å². The van der Waals surface area contributed by atoms with Gasteiger partial charge in [-0.25, -0.2) is 23.5 Å². The molecule has 1 unspecified atom stereocenters. The Kier molecular flexibility index (Phi) is 5.11. The van der Waals surface area contributed by atoms with Crippen LogP contribution >= 0.6 is 20.7 Å². The Morgan fingerprint density at radius 1 is 1.60 bits per heavy atom. The second kappa shape index (κ2) is 7.14. The normalized spacial score (nSPS) is 25.6. The van der Waals surface area contributed by atoms with Crippen LogP contribution in [0.3, 0.4) is 0 Å². The quantitative estimate of drug-likeness (QED) is 0.164. The summed E-state index contributed by atoms with van der Waals surface area (Å²) in [5, 5.41) is 3.64. The number of nitrogen functional groups attached to an aromatic ring is 1. The van der Waals surface area contributed by atoms with Crippen molar-refractivity contribution < 1.29 is 22.7 Å². The van der Waals surface area contributed by atoms with Gasteiger partial charge in [-0.1, -0.05) is 5.11 Å². The predicted molar refractivity (Wildman–Crippen MR) is 87.0 cm³/mol. The molecular formula is C10H13N8O5PS. The molecule has 0 aliphatic carbocycles. The van der Waals surface area contributed by atoms with Crippen molar-refractivity contribution in [3.63, 3.8) is 0 Å². The van der Waals surface area contributed by atoms with Crippen LogP contribution in [-0.2, 0) is 17.8 Å². The number of nitrogens with two attached hydrogens (primary N) is 1. The molecule has 3 N–H and O–H groups in total. The van der Waals surface area contributed by atoms with E-state index in [9.17, 15) is 9.46 Å². The third-order valence-corrected chi connectivity index (χ3v) is 4.91. The maximum atomic E-state index is 11.4.